The lowest BCUT2D eigenvalue weighted by atomic mass is 10.2. The van der Waals surface area contributed by atoms with Gasteiger partial charge < -0.3 is 5.32 Å². The van der Waals surface area contributed by atoms with E-state index in [9.17, 15) is 9.59 Å². The second-order valence-electron chi connectivity index (χ2n) is 4.45. The molecule has 7 heteroatoms. The molecule has 104 valence electrons. The summed E-state index contributed by atoms with van der Waals surface area (Å²) in [4.78, 5) is 34.3. The van der Waals surface area contributed by atoms with Crippen LogP contribution in [0.2, 0.25) is 0 Å². The van der Waals surface area contributed by atoms with Crippen molar-refractivity contribution in [1.29, 1.82) is 0 Å². The third-order valence-corrected chi connectivity index (χ3v) is 2.99. The fraction of sp³-hybridized carbons (Fsp3) is 0.0714. The number of carbonyl (C=O) groups excluding carboxylic acids is 1. The number of hydrogen-bond donors (Lipinski definition) is 2. The van der Waals surface area contributed by atoms with Gasteiger partial charge in [-0.2, -0.15) is 0 Å². The van der Waals surface area contributed by atoms with E-state index < -0.39 is 5.69 Å². The number of nitrogens with one attached hydrogen (secondary N) is 2. The molecule has 0 fully saturated rings. The highest BCUT2D eigenvalue weighted by Crippen LogP contribution is 2.12. The number of rotatable bonds is 2. The van der Waals surface area contributed by atoms with Gasteiger partial charge in [0.15, 0.2) is 11.3 Å². The molecule has 3 aromatic rings. The van der Waals surface area contributed by atoms with Gasteiger partial charge in [-0.15, -0.1) is 0 Å². The molecule has 0 radical (unpaired) electrons. The van der Waals surface area contributed by atoms with Crippen molar-refractivity contribution in [2.45, 2.75) is 0 Å². The number of fused-ring (bicyclic) bond motifs is 1. The Balaban J connectivity index is 2.07. The Hall–Kier alpha value is -3.09. The highest BCUT2D eigenvalue weighted by molar-refractivity contribution is 6.06. The Bertz CT molecular complexity index is 873. The molecule has 21 heavy (non-hydrogen) atoms. The molecule has 2 N–H and O–H groups in total. The number of amides is 1. The molecule has 0 unspecified atom stereocenters. The average molecular weight is 282 g/mol. The lowest BCUT2D eigenvalue weighted by Gasteiger charge is -2.05. The predicted octanol–water partition coefficient (Wildman–Crippen LogP) is 0.395. The van der Waals surface area contributed by atoms with E-state index in [0.29, 0.717) is 16.7 Å². The van der Waals surface area contributed by atoms with Crippen LogP contribution >= 0.6 is 0 Å². The molecule has 3 rings (SSSR count). The molecule has 0 aliphatic carbocycles. The van der Waals surface area contributed by atoms with Gasteiger partial charge in [0.25, 0.3) is 5.91 Å². The maximum absolute atomic E-state index is 12.2. The number of hydrogen-bond acceptors (Lipinski definition) is 4. The van der Waals surface area contributed by atoms with Crippen molar-refractivity contribution in [3.8, 4) is 0 Å². The van der Waals surface area contributed by atoms with Gasteiger partial charge in [0.1, 0.15) is 6.20 Å². The molecule has 0 spiro atoms. The zero-order valence-corrected chi connectivity index (χ0v) is 11.2. The number of anilines is 1. The maximum atomic E-state index is 12.2. The summed E-state index contributed by atoms with van der Waals surface area (Å²) in [5.41, 5.74) is 0.756. The Morgan fingerprint density at radius 1 is 1.29 bits per heavy atom. The smallest absolute Gasteiger partial charge is 0.306 e. The molecule has 1 amide bonds. The van der Waals surface area contributed by atoms with Gasteiger partial charge in [-0.3, -0.25) is 9.78 Å². The van der Waals surface area contributed by atoms with Crippen molar-refractivity contribution < 1.29 is 9.36 Å². The van der Waals surface area contributed by atoms with Crippen molar-refractivity contribution in [3.05, 3.63) is 58.8 Å². The first-order valence-corrected chi connectivity index (χ1v) is 6.26. The largest absolute Gasteiger partial charge is 0.456 e. The molecule has 0 bridgehead atoms. The fourth-order valence-electron chi connectivity index (χ4n) is 1.97. The number of aryl methyl sites for hydroxylation is 1. The zero-order chi connectivity index (χ0) is 14.8. The second kappa shape index (κ2) is 5.12. The number of benzene rings is 1. The van der Waals surface area contributed by atoms with E-state index in [2.05, 4.69) is 20.3 Å². The third-order valence-electron chi connectivity index (χ3n) is 2.99. The average Bonchev–Trinajstić information content (AvgIpc) is 2.49. The number of carbonyl (C=O) groups is 1. The standard InChI is InChI=1S/C14H11N5O2/c1-19-8-7-15-10-11(17-14(21)18-12(10)19)16-13(20)9-5-3-2-4-6-9/h2-8H,1H3,(H,16,17,20,21)/p+1. The molecule has 2 heterocycles. The van der Waals surface area contributed by atoms with Crippen LogP contribution in [0.5, 0.6) is 0 Å². The van der Waals surface area contributed by atoms with Crippen molar-refractivity contribution >= 4 is 22.9 Å². The molecule has 1 aromatic carbocycles. The van der Waals surface area contributed by atoms with E-state index in [4.69, 9.17) is 0 Å². The van der Waals surface area contributed by atoms with Gasteiger partial charge in [0, 0.05) is 10.5 Å². The summed E-state index contributed by atoms with van der Waals surface area (Å²) in [5, 5.41) is 2.66. The third kappa shape index (κ3) is 2.48. The van der Waals surface area contributed by atoms with E-state index in [-0.39, 0.29) is 11.7 Å². The second-order valence-corrected chi connectivity index (χ2v) is 4.45. The molecule has 0 aliphatic rings. The molecule has 0 aliphatic heterocycles. The summed E-state index contributed by atoms with van der Waals surface area (Å²) < 4.78 is 1.66. The van der Waals surface area contributed by atoms with E-state index >= 15 is 0 Å². The van der Waals surface area contributed by atoms with E-state index in [1.807, 2.05) is 6.07 Å². The van der Waals surface area contributed by atoms with Crippen molar-refractivity contribution in [2.75, 3.05) is 5.32 Å². The quantitative estimate of drug-likeness (QED) is 0.665. The topological polar surface area (TPSA) is 91.6 Å². The van der Waals surface area contributed by atoms with Crippen LogP contribution in [0.4, 0.5) is 5.82 Å². The van der Waals surface area contributed by atoms with Crippen LogP contribution in [0.25, 0.3) is 11.2 Å². The van der Waals surface area contributed by atoms with Crippen LogP contribution in [-0.4, -0.2) is 20.9 Å². The van der Waals surface area contributed by atoms with Gasteiger partial charge >= 0.3 is 11.3 Å². The minimum Gasteiger partial charge on any atom is -0.306 e. The van der Waals surface area contributed by atoms with Crippen LogP contribution in [-0.2, 0) is 7.05 Å². The summed E-state index contributed by atoms with van der Waals surface area (Å²) in [6, 6.07) is 8.72. The van der Waals surface area contributed by atoms with Crippen LogP contribution < -0.4 is 15.6 Å². The molecule has 0 atom stereocenters. The molecule has 0 saturated heterocycles. The van der Waals surface area contributed by atoms with Gasteiger partial charge in [0.2, 0.25) is 0 Å². The molecular weight excluding hydrogens is 270 g/mol. The Morgan fingerprint density at radius 2 is 2.05 bits per heavy atom. The lowest BCUT2D eigenvalue weighted by molar-refractivity contribution is -0.647. The van der Waals surface area contributed by atoms with Gasteiger partial charge in [0.05, 0.1) is 13.2 Å². The van der Waals surface area contributed by atoms with Crippen LogP contribution in [0, 0.1) is 0 Å². The summed E-state index contributed by atoms with van der Waals surface area (Å²) in [5.74, 6) is -0.0953. The predicted molar refractivity (Wildman–Crippen MR) is 75.7 cm³/mol. The summed E-state index contributed by atoms with van der Waals surface area (Å²) in [6.07, 6.45) is 3.25. The summed E-state index contributed by atoms with van der Waals surface area (Å²) in [6.45, 7) is 0. The van der Waals surface area contributed by atoms with Gasteiger partial charge in [-0.1, -0.05) is 18.2 Å². The minimum atomic E-state index is -0.547. The number of nitrogens with zero attached hydrogens (tertiary/aromatic N) is 3. The number of H-pyrrole nitrogens is 1. The van der Waals surface area contributed by atoms with Crippen LogP contribution in [0.1, 0.15) is 10.4 Å². The monoisotopic (exact) mass is 282 g/mol. The summed E-state index contributed by atoms with van der Waals surface area (Å²) in [7, 11) is 1.75. The Labute approximate surface area is 119 Å². The molecular formula is C14H12N5O2+. The Morgan fingerprint density at radius 3 is 2.81 bits per heavy atom. The zero-order valence-electron chi connectivity index (χ0n) is 11.2. The first-order chi connectivity index (χ1) is 10.1. The van der Waals surface area contributed by atoms with E-state index in [0.717, 1.165) is 0 Å². The van der Waals surface area contributed by atoms with E-state index in [1.54, 1.807) is 48.3 Å². The van der Waals surface area contributed by atoms with Crippen molar-refractivity contribution in [3.63, 3.8) is 0 Å². The van der Waals surface area contributed by atoms with Crippen molar-refractivity contribution in [1.82, 2.24) is 15.0 Å². The first-order valence-electron chi connectivity index (χ1n) is 6.26. The highest BCUT2D eigenvalue weighted by Gasteiger charge is 2.17. The Kier molecular flexibility index (Phi) is 3.15. The molecule has 7 nitrogen and oxygen atoms in total. The molecule has 2 aromatic heterocycles. The normalized spacial score (nSPS) is 10.5. The van der Waals surface area contributed by atoms with Crippen molar-refractivity contribution in [2.24, 2.45) is 7.05 Å². The SMILES string of the molecule is C[n+]1ccnc2c(NC(=O)c3ccccc3)[nH]c(=O)nc21. The first kappa shape index (κ1) is 12.9. The molecule has 0 saturated carbocycles. The van der Waals surface area contributed by atoms with Crippen LogP contribution in [0.15, 0.2) is 47.5 Å². The number of aromatic nitrogens is 4. The van der Waals surface area contributed by atoms with E-state index in [1.165, 1.54) is 0 Å². The van der Waals surface area contributed by atoms with Gasteiger partial charge in [-0.05, 0) is 12.1 Å². The highest BCUT2D eigenvalue weighted by atomic mass is 16.2. The fourth-order valence-corrected chi connectivity index (χ4v) is 1.97. The van der Waals surface area contributed by atoms with Crippen LogP contribution in [0.3, 0.4) is 0 Å². The minimum absolute atomic E-state index is 0.232. The lowest BCUT2D eigenvalue weighted by Crippen LogP contribution is -2.33. The summed E-state index contributed by atoms with van der Waals surface area (Å²) >= 11 is 0. The maximum Gasteiger partial charge on any atom is 0.456 e. The van der Waals surface area contributed by atoms with Gasteiger partial charge in [-0.25, -0.2) is 14.3 Å². The number of aromatic amines is 1.